The summed E-state index contributed by atoms with van der Waals surface area (Å²) in [4.78, 5) is 49.3. The number of phosphoric ester groups is 1. The van der Waals surface area contributed by atoms with Crippen molar-refractivity contribution in [3.05, 3.63) is 97.2 Å². The number of unbranched alkanes of at least 4 members (excludes halogenated alkanes) is 7. The SMILES string of the molecule is CC/C=C\C/C=C\C/C=C\C/C=C\C/C=C\C/C=C\CCC(=O)OC[C@H](COP(=O)([O-])OCC[N+](C)(C)C)OC(=O)CCCCCCC/C=C\C=C\C(=O)CCCCC. The Morgan fingerprint density at radius 1 is 0.593 bits per heavy atom. The Kier molecular flexibility index (Phi) is 36.5. The van der Waals surface area contributed by atoms with Gasteiger partial charge in [0.15, 0.2) is 11.9 Å². The fourth-order valence-corrected chi connectivity index (χ4v) is 5.86. The van der Waals surface area contributed by atoms with Gasteiger partial charge in [0.1, 0.15) is 19.8 Å². The number of nitrogens with zero attached hydrogens (tertiary/aromatic N) is 1. The van der Waals surface area contributed by atoms with Crippen molar-refractivity contribution in [1.29, 1.82) is 0 Å². The maximum atomic E-state index is 12.7. The molecule has 0 amide bonds. The van der Waals surface area contributed by atoms with E-state index in [1.807, 2.05) is 45.4 Å². The molecule has 0 fully saturated rings. The molecule has 0 aliphatic heterocycles. The lowest BCUT2D eigenvalue weighted by Crippen LogP contribution is -2.37. The normalized spacial score (nSPS) is 14.4. The van der Waals surface area contributed by atoms with Crippen molar-refractivity contribution in [3.63, 3.8) is 0 Å². The Balaban J connectivity index is 4.57. The number of likely N-dealkylation sites (N-methyl/N-ethyl adjacent to an activating group) is 1. The van der Waals surface area contributed by atoms with Crippen LogP contribution in [0.5, 0.6) is 0 Å². The van der Waals surface area contributed by atoms with Crippen LogP contribution in [0.1, 0.15) is 136 Å². The summed E-state index contributed by atoms with van der Waals surface area (Å²) >= 11 is 0. The number of quaternary nitrogens is 1. The molecule has 0 aromatic heterocycles. The summed E-state index contributed by atoms with van der Waals surface area (Å²) in [5, 5.41) is 0. The smallest absolute Gasteiger partial charge is 0.306 e. The number of ketones is 1. The third-order valence-corrected chi connectivity index (χ3v) is 9.54. The van der Waals surface area contributed by atoms with Gasteiger partial charge >= 0.3 is 11.9 Å². The van der Waals surface area contributed by atoms with Gasteiger partial charge in [0.2, 0.25) is 0 Å². The van der Waals surface area contributed by atoms with Crippen molar-refractivity contribution in [1.82, 2.24) is 0 Å². The molecular formula is C48H78NO9P. The van der Waals surface area contributed by atoms with Crippen molar-refractivity contribution in [2.24, 2.45) is 0 Å². The molecule has 0 N–H and O–H groups in total. The minimum atomic E-state index is -4.67. The fourth-order valence-electron chi connectivity index (χ4n) is 5.13. The van der Waals surface area contributed by atoms with E-state index >= 15 is 0 Å². The number of phosphoric acid groups is 1. The average Bonchev–Trinajstić information content (AvgIpc) is 3.18. The monoisotopic (exact) mass is 844 g/mol. The summed E-state index contributed by atoms with van der Waals surface area (Å²) in [6, 6.07) is 0. The van der Waals surface area contributed by atoms with Gasteiger partial charge in [-0.15, -0.1) is 0 Å². The summed E-state index contributed by atoms with van der Waals surface area (Å²) < 4.78 is 33.7. The van der Waals surface area contributed by atoms with Crippen molar-refractivity contribution in [3.8, 4) is 0 Å². The lowest BCUT2D eigenvalue weighted by Gasteiger charge is -2.28. The largest absolute Gasteiger partial charge is 0.756 e. The van der Waals surface area contributed by atoms with E-state index in [4.69, 9.17) is 18.5 Å². The van der Waals surface area contributed by atoms with E-state index in [1.165, 1.54) is 0 Å². The number of allylic oxidation sites excluding steroid dienone is 16. The summed E-state index contributed by atoms with van der Waals surface area (Å²) in [6.07, 6.45) is 47.2. The first-order valence-corrected chi connectivity index (χ1v) is 23.4. The zero-order valence-corrected chi connectivity index (χ0v) is 38.0. The molecular weight excluding hydrogens is 765 g/mol. The Labute approximate surface area is 358 Å². The molecule has 0 aliphatic rings. The third-order valence-electron chi connectivity index (χ3n) is 8.58. The second-order valence-corrected chi connectivity index (χ2v) is 16.8. The van der Waals surface area contributed by atoms with Crippen molar-refractivity contribution < 1.29 is 46.8 Å². The van der Waals surface area contributed by atoms with Crippen LogP contribution in [0.2, 0.25) is 0 Å². The molecule has 0 heterocycles. The standard InChI is InChI=1S/C48H78NO9P/c1-6-8-10-11-12-13-14-15-16-17-18-19-20-21-22-25-28-31-35-39-47(51)55-43-46(44-57-59(53,54)56-42-41-49(3,4)5)58-48(52)40-36-32-29-26-23-24-27-30-34-38-45(50)37-33-9-7-2/h8,10,12-13,15-16,18-19,21-22,27-28,30-31,34,38,46H,6-7,9,11,14,17,20,23-26,29,32-33,35-37,39-44H2,1-5H3/b10-8-,13-12-,16-15-,19-18-,22-21-,30-27-,31-28-,38-34+/t46-/m1/s1. The molecule has 0 saturated heterocycles. The summed E-state index contributed by atoms with van der Waals surface area (Å²) in [5.74, 6) is -0.838. The second-order valence-electron chi connectivity index (χ2n) is 15.4. The number of carbonyl (C=O) groups is 3. The number of esters is 2. The number of hydrogen-bond donors (Lipinski definition) is 0. The quantitative estimate of drug-likeness (QED) is 0.0113. The highest BCUT2D eigenvalue weighted by atomic mass is 31.2. The molecule has 10 nitrogen and oxygen atoms in total. The molecule has 11 heteroatoms. The lowest BCUT2D eigenvalue weighted by atomic mass is 10.1. The maximum absolute atomic E-state index is 12.7. The Morgan fingerprint density at radius 3 is 1.75 bits per heavy atom. The van der Waals surface area contributed by atoms with Crippen LogP contribution in [0.4, 0.5) is 0 Å². The van der Waals surface area contributed by atoms with Crippen LogP contribution in [0, 0.1) is 0 Å². The van der Waals surface area contributed by atoms with Gasteiger partial charge in [-0.1, -0.05) is 137 Å². The number of ether oxygens (including phenoxy) is 2. The molecule has 0 saturated carbocycles. The van der Waals surface area contributed by atoms with E-state index in [-0.39, 0.29) is 31.8 Å². The minimum absolute atomic E-state index is 0.0636. The van der Waals surface area contributed by atoms with E-state index in [0.717, 1.165) is 89.9 Å². The zero-order chi connectivity index (χ0) is 43.7. The minimum Gasteiger partial charge on any atom is -0.756 e. The van der Waals surface area contributed by atoms with Gasteiger partial charge in [-0.2, -0.15) is 0 Å². The van der Waals surface area contributed by atoms with Gasteiger partial charge in [-0.05, 0) is 76.7 Å². The van der Waals surface area contributed by atoms with Gasteiger partial charge in [0.05, 0.1) is 27.7 Å². The van der Waals surface area contributed by atoms with Crippen LogP contribution >= 0.6 is 7.82 Å². The van der Waals surface area contributed by atoms with E-state index in [2.05, 4.69) is 80.7 Å². The van der Waals surface area contributed by atoms with Crippen LogP contribution in [0.25, 0.3) is 0 Å². The number of carbonyl (C=O) groups excluding carboxylic acids is 3. The van der Waals surface area contributed by atoms with Crippen molar-refractivity contribution >= 4 is 25.5 Å². The van der Waals surface area contributed by atoms with E-state index in [9.17, 15) is 23.8 Å². The van der Waals surface area contributed by atoms with E-state index in [1.54, 1.807) is 6.08 Å². The van der Waals surface area contributed by atoms with Crippen LogP contribution in [-0.4, -0.2) is 75.8 Å². The zero-order valence-electron chi connectivity index (χ0n) is 37.1. The van der Waals surface area contributed by atoms with Crippen LogP contribution in [0.15, 0.2) is 97.2 Å². The predicted molar refractivity (Wildman–Crippen MR) is 240 cm³/mol. The highest BCUT2D eigenvalue weighted by Gasteiger charge is 2.21. The van der Waals surface area contributed by atoms with E-state index in [0.29, 0.717) is 30.3 Å². The first-order valence-electron chi connectivity index (χ1n) is 21.9. The third kappa shape index (κ3) is 42.5. The molecule has 59 heavy (non-hydrogen) atoms. The van der Waals surface area contributed by atoms with E-state index < -0.39 is 32.5 Å². The van der Waals surface area contributed by atoms with Crippen molar-refractivity contribution in [2.45, 2.75) is 142 Å². The van der Waals surface area contributed by atoms with Gasteiger partial charge in [0.25, 0.3) is 7.82 Å². The molecule has 0 spiro atoms. The van der Waals surface area contributed by atoms with Crippen LogP contribution in [-0.2, 0) is 37.5 Å². The fraction of sp³-hybridized carbons (Fsp3) is 0.604. The Hall–Kier alpha value is -3.40. The van der Waals surface area contributed by atoms with Gasteiger partial charge in [-0.25, -0.2) is 0 Å². The van der Waals surface area contributed by atoms with Crippen molar-refractivity contribution in [2.75, 3.05) is 47.5 Å². The predicted octanol–water partition coefficient (Wildman–Crippen LogP) is 11.1. The second kappa shape index (κ2) is 38.8. The molecule has 334 valence electrons. The molecule has 1 unspecified atom stereocenters. The molecule has 2 atom stereocenters. The first-order chi connectivity index (χ1) is 28.4. The van der Waals surface area contributed by atoms with Gasteiger partial charge < -0.3 is 27.9 Å². The lowest BCUT2D eigenvalue weighted by molar-refractivity contribution is -0.870. The molecule has 0 aliphatic carbocycles. The Morgan fingerprint density at radius 2 is 1.15 bits per heavy atom. The summed E-state index contributed by atoms with van der Waals surface area (Å²) in [7, 11) is 1.05. The molecule has 0 radical (unpaired) electrons. The highest BCUT2D eigenvalue weighted by Crippen LogP contribution is 2.38. The molecule has 0 bridgehead atoms. The van der Waals surface area contributed by atoms with Gasteiger partial charge in [-0.3, -0.25) is 18.9 Å². The summed E-state index contributed by atoms with van der Waals surface area (Å²) in [6.45, 7) is 3.78. The Bertz CT molecular complexity index is 1380. The van der Waals surface area contributed by atoms with Gasteiger partial charge in [0, 0.05) is 19.3 Å². The number of rotatable bonds is 38. The topological polar surface area (TPSA) is 128 Å². The number of hydrogen-bond acceptors (Lipinski definition) is 9. The molecule has 0 rings (SSSR count). The molecule has 0 aromatic rings. The average molecular weight is 844 g/mol. The highest BCUT2D eigenvalue weighted by molar-refractivity contribution is 7.45. The van der Waals surface area contributed by atoms with Crippen LogP contribution in [0.3, 0.4) is 0 Å². The van der Waals surface area contributed by atoms with Crippen LogP contribution < -0.4 is 4.89 Å². The molecule has 0 aromatic carbocycles. The first kappa shape index (κ1) is 55.6. The maximum Gasteiger partial charge on any atom is 0.306 e. The summed E-state index contributed by atoms with van der Waals surface area (Å²) in [5.41, 5.74) is 0.